The third kappa shape index (κ3) is 4.18. The highest BCUT2D eigenvalue weighted by molar-refractivity contribution is 6.30. The number of hydrogen-bond donors (Lipinski definition) is 1. The summed E-state index contributed by atoms with van der Waals surface area (Å²) >= 11 is 5.98. The van der Waals surface area contributed by atoms with Crippen LogP contribution in [-0.4, -0.2) is 30.3 Å². The lowest BCUT2D eigenvalue weighted by molar-refractivity contribution is -0.142. The Hall–Kier alpha value is -3.40. The number of carbonyl (C=O) groups excluding carboxylic acids is 1. The molecule has 0 atom stereocenters. The molecule has 4 aromatic rings. The maximum atomic E-state index is 13.5. The highest BCUT2D eigenvalue weighted by Crippen LogP contribution is 2.41. The smallest absolute Gasteiger partial charge is 0.304 e. The number of alkyl halides is 3. The lowest BCUT2D eigenvalue weighted by Gasteiger charge is -2.10. The average Bonchev–Trinajstić information content (AvgIpc) is 3.34. The number of halogens is 4. The molecule has 1 N–H and O–H groups in total. The van der Waals surface area contributed by atoms with E-state index in [0.717, 1.165) is 24.5 Å². The predicted molar refractivity (Wildman–Crippen MR) is 111 cm³/mol. The minimum Gasteiger partial charge on any atom is -0.304 e. The van der Waals surface area contributed by atoms with Gasteiger partial charge in [-0.2, -0.15) is 23.4 Å². The van der Waals surface area contributed by atoms with Gasteiger partial charge in [0, 0.05) is 35.0 Å². The van der Waals surface area contributed by atoms with Crippen LogP contribution in [0.2, 0.25) is 5.02 Å². The van der Waals surface area contributed by atoms with Crippen molar-refractivity contribution in [2.75, 3.05) is 5.32 Å². The molecule has 0 aliphatic heterocycles. The number of fused-ring (bicyclic) bond motifs is 1. The number of benzene rings is 1. The molecule has 5 rings (SSSR count). The van der Waals surface area contributed by atoms with Crippen molar-refractivity contribution >= 4 is 29.0 Å². The van der Waals surface area contributed by atoms with Crippen molar-refractivity contribution in [2.24, 2.45) is 0 Å². The van der Waals surface area contributed by atoms with E-state index in [4.69, 9.17) is 11.6 Å². The molecule has 164 valence electrons. The summed E-state index contributed by atoms with van der Waals surface area (Å²) in [7, 11) is 0. The molecule has 11 heteroatoms. The van der Waals surface area contributed by atoms with E-state index in [9.17, 15) is 18.0 Å². The Bertz CT molecular complexity index is 1320. The third-order valence-corrected chi connectivity index (χ3v) is 5.32. The summed E-state index contributed by atoms with van der Waals surface area (Å²) in [4.78, 5) is 16.9. The van der Waals surface area contributed by atoms with Crippen molar-refractivity contribution in [1.29, 1.82) is 0 Å². The van der Waals surface area contributed by atoms with Gasteiger partial charge in [-0.15, -0.1) is 0 Å². The van der Waals surface area contributed by atoms with Crippen LogP contribution in [0.1, 0.15) is 46.2 Å². The SMILES string of the molecule is O=C(Nc1ccn(Cc2cccc(Cl)c2)n1)c1cc2nc(C3CC3)cc(C(F)(F)F)n2n1. The van der Waals surface area contributed by atoms with Crippen molar-refractivity contribution < 1.29 is 18.0 Å². The van der Waals surface area contributed by atoms with Crippen LogP contribution >= 0.6 is 11.6 Å². The number of amides is 1. The Kier molecular flexibility index (Phi) is 4.89. The van der Waals surface area contributed by atoms with Gasteiger partial charge in [-0.1, -0.05) is 23.7 Å². The fraction of sp³-hybridized carbons (Fsp3) is 0.238. The van der Waals surface area contributed by atoms with Crippen LogP contribution in [-0.2, 0) is 12.7 Å². The number of nitrogens with zero attached hydrogens (tertiary/aromatic N) is 5. The fourth-order valence-corrected chi connectivity index (χ4v) is 3.63. The number of hydrogen-bond acceptors (Lipinski definition) is 4. The monoisotopic (exact) mass is 460 g/mol. The van der Waals surface area contributed by atoms with Crippen LogP contribution in [0.3, 0.4) is 0 Å². The Balaban J connectivity index is 1.38. The van der Waals surface area contributed by atoms with Crippen LogP contribution in [0, 0.1) is 0 Å². The van der Waals surface area contributed by atoms with E-state index in [0.29, 0.717) is 21.8 Å². The van der Waals surface area contributed by atoms with Crippen LogP contribution in [0.4, 0.5) is 19.0 Å². The lowest BCUT2D eigenvalue weighted by atomic mass is 10.2. The zero-order valence-corrected chi connectivity index (χ0v) is 17.2. The van der Waals surface area contributed by atoms with Gasteiger partial charge in [-0.05, 0) is 36.6 Å². The van der Waals surface area contributed by atoms with Crippen molar-refractivity contribution in [1.82, 2.24) is 24.4 Å². The highest BCUT2D eigenvalue weighted by atomic mass is 35.5. The summed E-state index contributed by atoms with van der Waals surface area (Å²) in [6, 6.07) is 11.1. The summed E-state index contributed by atoms with van der Waals surface area (Å²) in [6.45, 7) is 0.438. The van der Waals surface area contributed by atoms with Crippen LogP contribution < -0.4 is 5.32 Å². The van der Waals surface area contributed by atoms with Crippen molar-refractivity contribution in [3.8, 4) is 0 Å². The molecule has 0 bridgehead atoms. The minimum absolute atomic E-state index is 0.0154. The Morgan fingerprint density at radius 3 is 2.69 bits per heavy atom. The summed E-state index contributed by atoms with van der Waals surface area (Å²) in [6.07, 6.45) is -1.34. The summed E-state index contributed by atoms with van der Waals surface area (Å²) in [5.41, 5.74) is 0.153. The normalized spacial score (nSPS) is 14.1. The Labute approximate surface area is 184 Å². The van der Waals surface area contributed by atoms with E-state index in [1.807, 2.05) is 12.1 Å². The molecule has 1 amide bonds. The molecule has 3 heterocycles. The number of aromatic nitrogens is 5. The second kappa shape index (κ2) is 7.63. The molecule has 7 nitrogen and oxygen atoms in total. The maximum Gasteiger partial charge on any atom is 0.433 e. The number of nitrogens with one attached hydrogen (secondary N) is 1. The fourth-order valence-electron chi connectivity index (χ4n) is 3.41. The van der Waals surface area contributed by atoms with Crippen molar-refractivity contribution in [2.45, 2.75) is 31.5 Å². The summed E-state index contributed by atoms with van der Waals surface area (Å²) in [5, 5.41) is 11.3. The zero-order valence-electron chi connectivity index (χ0n) is 16.5. The number of rotatable bonds is 5. The molecule has 1 saturated carbocycles. The molecule has 1 aromatic carbocycles. The standard InChI is InChI=1S/C21H16ClF3N6O/c22-14-3-1-2-12(8-14)11-30-7-6-18(29-30)27-20(32)16-10-19-26-15(13-4-5-13)9-17(21(23,24)25)31(19)28-16/h1-3,6-10,13H,4-5,11H2,(H,27,29,32). The van der Waals surface area contributed by atoms with Gasteiger partial charge >= 0.3 is 6.18 Å². The average molecular weight is 461 g/mol. The lowest BCUT2D eigenvalue weighted by Crippen LogP contribution is -2.16. The van der Waals surface area contributed by atoms with E-state index in [2.05, 4.69) is 20.5 Å². The molecule has 0 unspecified atom stereocenters. The van der Waals surface area contributed by atoms with E-state index in [-0.39, 0.29) is 23.1 Å². The molecular formula is C21H16ClF3N6O. The van der Waals surface area contributed by atoms with Crippen LogP contribution in [0.15, 0.2) is 48.7 Å². The van der Waals surface area contributed by atoms with Gasteiger partial charge in [0.2, 0.25) is 0 Å². The molecule has 0 radical (unpaired) electrons. The topological polar surface area (TPSA) is 77.1 Å². The molecule has 1 aliphatic rings. The van der Waals surface area contributed by atoms with Crippen LogP contribution in [0.5, 0.6) is 0 Å². The molecular weight excluding hydrogens is 445 g/mol. The molecule has 0 saturated heterocycles. The highest BCUT2D eigenvalue weighted by Gasteiger charge is 2.37. The van der Waals surface area contributed by atoms with Gasteiger partial charge in [0.25, 0.3) is 5.91 Å². The van der Waals surface area contributed by atoms with Crippen LogP contribution in [0.25, 0.3) is 5.65 Å². The van der Waals surface area contributed by atoms with Gasteiger partial charge in [0.1, 0.15) is 5.69 Å². The van der Waals surface area contributed by atoms with Gasteiger partial charge in [0.05, 0.1) is 6.54 Å². The first-order valence-electron chi connectivity index (χ1n) is 9.83. The maximum absolute atomic E-state index is 13.5. The number of carbonyl (C=O) groups is 1. The Morgan fingerprint density at radius 1 is 1.16 bits per heavy atom. The molecule has 0 spiro atoms. The van der Waals surface area contributed by atoms with Gasteiger partial charge in [0.15, 0.2) is 17.2 Å². The zero-order chi connectivity index (χ0) is 22.5. The summed E-state index contributed by atoms with van der Waals surface area (Å²) in [5.74, 6) is -0.405. The van der Waals surface area contributed by atoms with Crippen molar-refractivity contribution in [3.63, 3.8) is 0 Å². The minimum atomic E-state index is -4.62. The first-order valence-corrected chi connectivity index (χ1v) is 10.2. The Morgan fingerprint density at radius 2 is 1.97 bits per heavy atom. The molecule has 32 heavy (non-hydrogen) atoms. The molecule has 1 aliphatic carbocycles. The first-order chi connectivity index (χ1) is 15.3. The van der Waals surface area contributed by atoms with Gasteiger partial charge < -0.3 is 5.32 Å². The largest absolute Gasteiger partial charge is 0.433 e. The molecule has 1 fully saturated rings. The second-order valence-corrected chi connectivity index (χ2v) is 8.06. The van der Waals surface area contributed by atoms with E-state index < -0.39 is 17.8 Å². The van der Waals surface area contributed by atoms with E-state index >= 15 is 0 Å². The van der Waals surface area contributed by atoms with E-state index in [1.165, 1.54) is 6.07 Å². The predicted octanol–water partition coefficient (Wildman–Crippen LogP) is 4.78. The third-order valence-electron chi connectivity index (χ3n) is 5.08. The number of anilines is 1. The quantitative estimate of drug-likeness (QED) is 0.465. The molecule has 3 aromatic heterocycles. The van der Waals surface area contributed by atoms with E-state index in [1.54, 1.807) is 29.1 Å². The first kappa shape index (κ1) is 20.5. The van der Waals surface area contributed by atoms with Crippen molar-refractivity contribution in [3.05, 3.63) is 76.3 Å². The summed E-state index contributed by atoms with van der Waals surface area (Å²) < 4.78 is 42.9. The second-order valence-electron chi connectivity index (χ2n) is 7.62. The van der Waals surface area contributed by atoms with Gasteiger partial charge in [-0.25, -0.2) is 9.50 Å². The van der Waals surface area contributed by atoms with Gasteiger partial charge in [-0.3, -0.25) is 9.48 Å².